The largest absolute Gasteiger partial charge is 0.383 e. The van der Waals surface area contributed by atoms with Gasteiger partial charge in [-0.3, -0.25) is 9.59 Å². The molecular formula is C22H22N2O3. The SMILES string of the molecule is COCCNC(=O)c1ccc(NC(=O)Cc2cccc3ccccc23)cc1. The van der Waals surface area contributed by atoms with Crippen LogP contribution in [-0.4, -0.2) is 32.1 Å². The molecule has 2 amide bonds. The number of amides is 2. The Morgan fingerprint density at radius 2 is 1.67 bits per heavy atom. The van der Waals surface area contributed by atoms with Crippen LogP contribution < -0.4 is 10.6 Å². The molecule has 0 aliphatic heterocycles. The number of fused-ring (bicyclic) bond motifs is 1. The van der Waals surface area contributed by atoms with Crippen molar-refractivity contribution in [3.05, 3.63) is 77.9 Å². The van der Waals surface area contributed by atoms with E-state index in [0.29, 0.717) is 30.8 Å². The predicted molar refractivity (Wildman–Crippen MR) is 107 cm³/mol. The summed E-state index contributed by atoms with van der Waals surface area (Å²) in [6.07, 6.45) is 0.292. The van der Waals surface area contributed by atoms with Crippen molar-refractivity contribution in [3.63, 3.8) is 0 Å². The highest BCUT2D eigenvalue weighted by Gasteiger charge is 2.09. The molecule has 0 radical (unpaired) electrons. The number of hydrogen-bond acceptors (Lipinski definition) is 3. The Morgan fingerprint density at radius 3 is 2.44 bits per heavy atom. The summed E-state index contributed by atoms with van der Waals surface area (Å²) in [5.74, 6) is -0.260. The van der Waals surface area contributed by atoms with Gasteiger partial charge in [0.25, 0.3) is 5.91 Å². The second-order valence-corrected chi connectivity index (χ2v) is 6.19. The highest BCUT2D eigenvalue weighted by Crippen LogP contribution is 2.19. The summed E-state index contributed by atoms with van der Waals surface area (Å²) >= 11 is 0. The van der Waals surface area contributed by atoms with Crippen LogP contribution in [0.4, 0.5) is 5.69 Å². The topological polar surface area (TPSA) is 67.4 Å². The van der Waals surface area contributed by atoms with Crippen LogP contribution in [0.25, 0.3) is 10.8 Å². The third kappa shape index (κ3) is 4.92. The van der Waals surface area contributed by atoms with Crippen LogP contribution in [0.15, 0.2) is 66.7 Å². The Balaban J connectivity index is 1.61. The summed E-state index contributed by atoms with van der Waals surface area (Å²) in [5, 5.41) is 7.84. The van der Waals surface area contributed by atoms with Crippen molar-refractivity contribution in [1.82, 2.24) is 5.32 Å². The van der Waals surface area contributed by atoms with Gasteiger partial charge in [-0.15, -0.1) is 0 Å². The van der Waals surface area contributed by atoms with Gasteiger partial charge in [-0.25, -0.2) is 0 Å². The first-order chi connectivity index (χ1) is 13.2. The number of carbonyl (C=O) groups excluding carboxylic acids is 2. The first-order valence-corrected chi connectivity index (χ1v) is 8.81. The fourth-order valence-corrected chi connectivity index (χ4v) is 2.90. The highest BCUT2D eigenvalue weighted by molar-refractivity contribution is 5.97. The minimum Gasteiger partial charge on any atom is -0.383 e. The zero-order valence-corrected chi connectivity index (χ0v) is 15.2. The van der Waals surface area contributed by atoms with Crippen molar-refractivity contribution in [1.29, 1.82) is 0 Å². The number of nitrogens with one attached hydrogen (secondary N) is 2. The second-order valence-electron chi connectivity index (χ2n) is 6.19. The molecule has 0 spiro atoms. The van der Waals surface area contributed by atoms with Crippen molar-refractivity contribution in [3.8, 4) is 0 Å². The number of hydrogen-bond donors (Lipinski definition) is 2. The molecule has 0 atom stereocenters. The van der Waals surface area contributed by atoms with Crippen LogP contribution in [0.5, 0.6) is 0 Å². The predicted octanol–water partition coefficient (Wildman–Crippen LogP) is 3.40. The molecule has 2 N–H and O–H groups in total. The molecule has 0 aromatic heterocycles. The zero-order chi connectivity index (χ0) is 19.1. The smallest absolute Gasteiger partial charge is 0.251 e. The molecular weight excluding hydrogens is 340 g/mol. The maximum absolute atomic E-state index is 12.4. The van der Waals surface area contributed by atoms with E-state index in [1.165, 1.54) is 0 Å². The highest BCUT2D eigenvalue weighted by atomic mass is 16.5. The van der Waals surface area contributed by atoms with Crippen LogP contribution in [0.3, 0.4) is 0 Å². The number of rotatable bonds is 7. The van der Waals surface area contributed by atoms with Gasteiger partial charge in [-0.1, -0.05) is 42.5 Å². The summed E-state index contributed by atoms with van der Waals surface area (Å²) in [7, 11) is 1.59. The van der Waals surface area contributed by atoms with Gasteiger partial charge in [-0.2, -0.15) is 0 Å². The fraction of sp³-hybridized carbons (Fsp3) is 0.182. The Morgan fingerprint density at radius 1 is 0.926 bits per heavy atom. The quantitative estimate of drug-likeness (QED) is 0.633. The molecule has 138 valence electrons. The molecule has 0 heterocycles. The third-order valence-corrected chi connectivity index (χ3v) is 4.25. The molecule has 0 saturated carbocycles. The Labute approximate surface area is 158 Å². The summed E-state index contributed by atoms with van der Waals surface area (Å²) in [6, 6.07) is 20.8. The number of anilines is 1. The Kier molecular flexibility index (Phi) is 6.18. The molecule has 0 aliphatic rings. The van der Waals surface area contributed by atoms with Gasteiger partial charge in [0.05, 0.1) is 13.0 Å². The van der Waals surface area contributed by atoms with Crippen molar-refractivity contribution in [2.24, 2.45) is 0 Å². The lowest BCUT2D eigenvalue weighted by Crippen LogP contribution is -2.26. The van der Waals surface area contributed by atoms with Gasteiger partial charge in [0.15, 0.2) is 0 Å². The number of carbonyl (C=O) groups is 2. The number of ether oxygens (including phenoxy) is 1. The van der Waals surface area contributed by atoms with E-state index in [-0.39, 0.29) is 11.8 Å². The maximum Gasteiger partial charge on any atom is 0.251 e. The van der Waals surface area contributed by atoms with Gasteiger partial charge in [0.2, 0.25) is 5.91 Å². The van der Waals surface area contributed by atoms with Gasteiger partial charge in [0, 0.05) is 24.9 Å². The summed E-state index contributed by atoms with van der Waals surface area (Å²) in [6.45, 7) is 0.924. The Hall–Kier alpha value is -3.18. The molecule has 3 rings (SSSR count). The number of benzene rings is 3. The Bertz CT molecular complexity index is 930. The summed E-state index contributed by atoms with van der Waals surface area (Å²) < 4.78 is 4.90. The molecule has 3 aromatic carbocycles. The molecule has 0 aliphatic carbocycles. The molecule has 5 nitrogen and oxygen atoms in total. The molecule has 0 saturated heterocycles. The van der Waals surface area contributed by atoms with E-state index in [1.807, 2.05) is 42.5 Å². The van der Waals surface area contributed by atoms with Crippen molar-refractivity contribution in [2.45, 2.75) is 6.42 Å². The fourth-order valence-electron chi connectivity index (χ4n) is 2.90. The van der Waals surface area contributed by atoms with Crippen molar-refractivity contribution >= 4 is 28.3 Å². The molecule has 0 unspecified atom stereocenters. The van der Waals surface area contributed by atoms with Gasteiger partial charge in [-0.05, 0) is 40.6 Å². The van der Waals surface area contributed by atoms with Crippen molar-refractivity contribution < 1.29 is 14.3 Å². The van der Waals surface area contributed by atoms with Crippen LogP contribution in [0.1, 0.15) is 15.9 Å². The van der Waals surface area contributed by atoms with Gasteiger partial charge in [0.1, 0.15) is 0 Å². The average Bonchev–Trinajstić information content (AvgIpc) is 2.69. The molecule has 27 heavy (non-hydrogen) atoms. The zero-order valence-electron chi connectivity index (χ0n) is 15.2. The number of methoxy groups -OCH3 is 1. The average molecular weight is 362 g/mol. The van der Waals surface area contributed by atoms with Crippen LogP contribution >= 0.6 is 0 Å². The van der Waals surface area contributed by atoms with Crippen molar-refractivity contribution in [2.75, 3.05) is 25.6 Å². The second kappa shape index (κ2) is 8.96. The molecule has 0 bridgehead atoms. The van der Waals surface area contributed by atoms with E-state index in [1.54, 1.807) is 31.4 Å². The minimum absolute atomic E-state index is 0.0938. The van der Waals surface area contributed by atoms with E-state index in [2.05, 4.69) is 10.6 Å². The lowest BCUT2D eigenvalue weighted by Gasteiger charge is -2.09. The third-order valence-electron chi connectivity index (χ3n) is 4.25. The minimum atomic E-state index is -0.166. The summed E-state index contributed by atoms with van der Waals surface area (Å²) in [5.41, 5.74) is 2.19. The molecule has 5 heteroatoms. The van der Waals surface area contributed by atoms with Gasteiger partial charge >= 0.3 is 0 Å². The van der Waals surface area contributed by atoms with E-state index in [4.69, 9.17) is 4.74 Å². The van der Waals surface area contributed by atoms with E-state index in [9.17, 15) is 9.59 Å². The lowest BCUT2D eigenvalue weighted by molar-refractivity contribution is -0.115. The molecule has 0 fully saturated rings. The van der Waals surface area contributed by atoms with E-state index < -0.39 is 0 Å². The molecule has 3 aromatic rings. The normalized spacial score (nSPS) is 10.6. The van der Waals surface area contributed by atoms with E-state index >= 15 is 0 Å². The van der Waals surface area contributed by atoms with Gasteiger partial charge < -0.3 is 15.4 Å². The van der Waals surface area contributed by atoms with E-state index in [0.717, 1.165) is 16.3 Å². The maximum atomic E-state index is 12.4. The monoisotopic (exact) mass is 362 g/mol. The summed E-state index contributed by atoms with van der Waals surface area (Å²) in [4.78, 5) is 24.4. The first kappa shape index (κ1) is 18.6. The first-order valence-electron chi connectivity index (χ1n) is 8.81. The lowest BCUT2D eigenvalue weighted by atomic mass is 10.0. The van der Waals surface area contributed by atoms with Crippen LogP contribution in [0, 0.1) is 0 Å². The standard InChI is InChI=1S/C22H22N2O3/c1-27-14-13-23-22(26)17-9-11-19(12-10-17)24-21(25)15-18-7-4-6-16-5-2-3-8-20(16)18/h2-12H,13-15H2,1H3,(H,23,26)(H,24,25). The van der Waals surface area contributed by atoms with Crippen LogP contribution in [-0.2, 0) is 16.0 Å². The van der Waals surface area contributed by atoms with Crippen LogP contribution in [0.2, 0.25) is 0 Å².